The minimum Gasteiger partial charge on any atom is -0.494 e. The zero-order chi connectivity index (χ0) is 17.3. The second kappa shape index (κ2) is 8.68. The zero-order valence-electron chi connectivity index (χ0n) is 14.0. The predicted molar refractivity (Wildman–Crippen MR) is 96.6 cm³/mol. The monoisotopic (exact) mass is 335 g/mol. The number of aromatic nitrogens is 2. The van der Waals surface area contributed by atoms with Crippen molar-refractivity contribution in [1.82, 2.24) is 15.1 Å². The minimum absolute atomic E-state index is 0.0177. The molecule has 128 valence electrons. The molecule has 5 nitrogen and oxygen atoms in total. The summed E-state index contributed by atoms with van der Waals surface area (Å²) in [5, 5.41) is 7.23. The van der Waals surface area contributed by atoms with E-state index in [0.29, 0.717) is 26.0 Å². The number of para-hydroxylation sites is 2. The molecule has 0 aliphatic heterocycles. The molecule has 0 atom stereocenters. The van der Waals surface area contributed by atoms with E-state index in [1.165, 1.54) is 0 Å². The lowest BCUT2D eigenvalue weighted by molar-refractivity contribution is -0.121. The number of carbonyl (C=O) groups is 1. The highest BCUT2D eigenvalue weighted by Gasteiger charge is 2.04. The van der Waals surface area contributed by atoms with Crippen LogP contribution in [0.4, 0.5) is 0 Å². The number of ether oxygens (including phenoxy) is 1. The highest BCUT2D eigenvalue weighted by atomic mass is 16.5. The van der Waals surface area contributed by atoms with Crippen molar-refractivity contribution in [3.8, 4) is 11.4 Å². The molecule has 1 aromatic heterocycles. The maximum Gasteiger partial charge on any atom is 0.220 e. The Balaban J connectivity index is 1.37. The molecule has 25 heavy (non-hydrogen) atoms. The number of hydrogen-bond acceptors (Lipinski definition) is 3. The Morgan fingerprint density at radius 2 is 1.76 bits per heavy atom. The number of carbonyl (C=O) groups excluding carboxylic acids is 1. The third-order valence-electron chi connectivity index (χ3n) is 3.71. The smallest absolute Gasteiger partial charge is 0.220 e. The van der Waals surface area contributed by atoms with Crippen LogP contribution in [-0.2, 0) is 11.3 Å². The number of benzene rings is 2. The number of hydrogen-bond donors (Lipinski definition) is 1. The van der Waals surface area contributed by atoms with Crippen LogP contribution in [0.5, 0.6) is 5.75 Å². The van der Waals surface area contributed by atoms with Crippen molar-refractivity contribution in [3.63, 3.8) is 0 Å². The predicted octanol–water partition coefficient (Wildman–Crippen LogP) is 3.35. The van der Waals surface area contributed by atoms with E-state index in [1.807, 2.05) is 66.9 Å². The van der Waals surface area contributed by atoms with Crippen LogP contribution in [0.2, 0.25) is 0 Å². The normalized spacial score (nSPS) is 10.4. The third-order valence-corrected chi connectivity index (χ3v) is 3.71. The SMILES string of the molecule is O=C(CCCOc1ccccc1)NCc1cnn(-c2ccccc2)c1. The Morgan fingerprint density at radius 1 is 1.04 bits per heavy atom. The van der Waals surface area contributed by atoms with Crippen LogP contribution in [0.15, 0.2) is 73.1 Å². The molecule has 0 radical (unpaired) electrons. The molecule has 0 fully saturated rings. The van der Waals surface area contributed by atoms with Gasteiger partial charge in [0.2, 0.25) is 5.91 Å². The lowest BCUT2D eigenvalue weighted by Gasteiger charge is -2.06. The molecular formula is C20H21N3O2. The number of rotatable bonds is 8. The van der Waals surface area contributed by atoms with Crippen LogP contribution in [0.1, 0.15) is 18.4 Å². The van der Waals surface area contributed by atoms with E-state index < -0.39 is 0 Å². The fraction of sp³-hybridized carbons (Fsp3) is 0.200. The van der Waals surface area contributed by atoms with Gasteiger partial charge in [0.1, 0.15) is 5.75 Å². The third kappa shape index (κ3) is 5.21. The van der Waals surface area contributed by atoms with Crippen molar-refractivity contribution in [1.29, 1.82) is 0 Å². The van der Waals surface area contributed by atoms with Gasteiger partial charge in [-0.15, -0.1) is 0 Å². The molecule has 5 heteroatoms. The Hall–Kier alpha value is -3.08. The summed E-state index contributed by atoms with van der Waals surface area (Å²) in [5.41, 5.74) is 1.97. The molecule has 1 heterocycles. The van der Waals surface area contributed by atoms with Crippen molar-refractivity contribution in [2.75, 3.05) is 6.61 Å². The Morgan fingerprint density at radius 3 is 2.52 bits per heavy atom. The van der Waals surface area contributed by atoms with E-state index in [9.17, 15) is 4.79 Å². The van der Waals surface area contributed by atoms with Crippen molar-refractivity contribution < 1.29 is 9.53 Å². The van der Waals surface area contributed by atoms with Gasteiger partial charge in [-0.3, -0.25) is 4.79 Å². The van der Waals surface area contributed by atoms with Crippen LogP contribution in [0, 0.1) is 0 Å². The largest absolute Gasteiger partial charge is 0.494 e. The Kier molecular flexibility index (Phi) is 5.82. The van der Waals surface area contributed by atoms with E-state index in [0.717, 1.165) is 17.0 Å². The van der Waals surface area contributed by atoms with Crippen molar-refractivity contribution >= 4 is 5.91 Å². The first-order chi connectivity index (χ1) is 12.3. The Bertz CT molecular complexity index is 785. The van der Waals surface area contributed by atoms with Crippen LogP contribution in [-0.4, -0.2) is 22.3 Å². The van der Waals surface area contributed by atoms with Gasteiger partial charge in [0, 0.05) is 24.7 Å². The molecule has 0 spiro atoms. The highest BCUT2D eigenvalue weighted by molar-refractivity contribution is 5.75. The molecular weight excluding hydrogens is 314 g/mol. The average Bonchev–Trinajstić information content (AvgIpc) is 3.14. The molecule has 1 amide bonds. The molecule has 0 saturated carbocycles. The van der Waals surface area contributed by atoms with Gasteiger partial charge >= 0.3 is 0 Å². The van der Waals surface area contributed by atoms with Gasteiger partial charge in [0.25, 0.3) is 0 Å². The van der Waals surface area contributed by atoms with Crippen LogP contribution < -0.4 is 10.1 Å². The molecule has 0 bridgehead atoms. The fourth-order valence-electron chi connectivity index (χ4n) is 2.40. The van der Waals surface area contributed by atoms with Gasteiger partial charge < -0.3 is 10.1 Å². The first kappa shape index (κ1) is 16.8. The van der Waals surface area contributed by atoms with Crippen LogP contribution in [0.25, 0.3) is 5.69 Å². The molecule has 1 N–H and O–H groups in total. The number of nitrogens with zero attached hydrogens (tertiary/aromatic N) is 2. The maximum absolute atomic E-state index is 11.9. The van der Waals surface area contributed by atoms with E-state index in [1.54, 1.807) is 10.9 Å². The topological polar surface area (TPSA) is 56.1 Å². The van der Waals surface area contributed by atoms with Gasteiger partial charge in [0.15, 0.2) is 0 Å². The molecule has 3 aromatic rings. The molecule has 3 rings (SSSR count). The van der Waals surface area contributed by atoms with E-state index in [4.69, 9.17) is 4.74 Å². The van der Waals surface area contributed by atoms with Crippen LogP contribution >= 0.6 is 0 Å². The lowest BCUT2D eigenvalue weighted by atomic mass is 10.3. The van der Waals surface area contributed by atoms with E-state index in [-0.39, 0.29) is 5.91 Å². The summed E-state index contributed by atoms with van der Waals surface area (Å²) in [7, 11) is 0. The second-order valence-electron chi connectivity index (χ2n) is 5.67. The van der Waals surface area contributed by atoms with Gasteiger partial charge in [-0.1, -0.05) is 36.4 Å². The average molecular weight is 335 g/mol. The van der Waals surface area contributed by atoms with Gasteiger partial charge in [-0.2, -0.15) is 5.10 Å². The van der Waals surface area contributed by atoms with Gasteiger partial charge in [0.05, 0.1) is 18.5 Å². The Labute approximate surface area is 147 Å². The standard InChI is InChI=1S/C20H21N3O2/c24-20(12-7-13-25-19-10-5-2-6-11-19)21-14-17-15-22-23(16-17)18-8-3-1-4-9-18/h1-6,8-11,15-16H,7,12-14H2,(H,21,24). The van der Waals surface area contributed by atoms with Gasteiger partial charge in [-0.25, -0.2) is 4.68 Å². The van der Waals surface area contributed by atoms with Gasteiger partial charge in [-0.05, 0) is 30.7 Å². The summed E-state index contributed by atoms with van der Waals surface area (Å²) in [5.74, 6) is 0.848. The summed E-state index contributed by atoms with van der Waals surface area (Å²) in [6.45, 7) is 1.01. The molecule has 0 unspecified atom stereocenters. The summed E-state index contributed by atoms with van der Waals surface area (Å²) in [6, 6.07) is 19.5. The van der Waals surface area contributed by atoms with Crippen molar-refractivity contribution in [3.05, 3.63) is 78.6 Å². The number of nitrogens with one attached hydrogen (secondary N) is 1. The molecule has 0 aliphatic carbocycles. The summed E-state index contributed by atoms with van der Waals surface area (Å²) in [6.07, 6.45) is 4.82. The molecule has 0 saturated heterocycles. The quantitative estimate of drug-likeness (QED) is 0.642. The fourth-order valence-corrected chi connectivity index (χ4v) is 2.40. The van der Waals surface area contributed by atoms with Crippen molar-refractivity contribution in [2.24, 2.45) is 0 Å². The van der Waals surface area contributed by atoms with Crippen LogP contribution in [0.3, 0.4) is 0 Å². The maximum atomic E-state index is 11.9. The minimum atomic E-state index is 0.0177. The number of amides is 1. The summed E-state index contributed by atoms with van der Waals surface area (Å²) < 4.78 is 7.38. The van der Waals surface area contributed by atoms with Crippen molar-refractivity contribution in [2.45, 2.75) is 19.4 Å². The first-order valence-electron chi connectivity index (χ1n) is 8.35. The summed E-state index contributed by atoms with van der Waals surface area (Å²) in [4.78, 5) is 11.9. The first-order valence-corrected chi connectivity index (χ1v) is 8.35. The second-order valence-corrected chi connectivity index (χ2v) is 5.67. The molecule has 0 aliphatic rings. The molecule has 2 aromatic carbocycles. The highest BCUT2D eigenvalue weighted by Crippen LogP contribution is 2.09. The lowest BCUT2D eigenvalue weighted by Crippen LogP contribution is -2.22. The summed E-state index contributed by atoms with van der Waals surface area (Å²) >= 11 is 0. The zero-order valence-corrected chi connectivity index (χ0v) is 14.0. The van der Waals surface area contributed by atoms with E-state index >= 15 is 0 Å². The van der Waals surface area contributed by atoms with E-state index in [2.05, 4.69) is 10.4 Å².